The van der Waals surface area contributed by atoms with Crippen LogP contribution >= 0.6 is 0 Å². The van der Waals surface area contributed by atoms with Crippen LogP contribution in [0.5, 0.6) is 28.7 Å². The van der Waals surface area contributed by atoms with Gasteiger partial charge in [-0.25, -0.2) is 9.59 Å². The maximum absolute atomic E-state index is 12.1. The minimum Gasteiger partial charge on any atom is -0.508 e. The first kappa shape index (κ1) is 21.7. The van der Waals surface area contributed by atoms with Gasteiger partial charge in [-0.1, -0.05) is 13.8 Å². The molecule has 0 saturated carbocycles. The predicted molar refractivity (Wildman–Crippen MR) is 100 cm³/mol. The van der Waals surface area contributed by atoms with Crippen molar-refractivity contribution in [2.45, 2.75) is 20.8 Å². The normalized spacial score (nSPS) is 11.1. The summed E-state index contributed by atoms with van der Waals surface area (Å²) in [5.74, 6) is -4.21. The Kier molecular flexibility index (Phi) is 6.11. The van der Waals surface area contributed by atoms with Crippen molar-refractivity contribution >= 4 is 11.9 Å². The van der Waals surface area contributed by atoms with Gasteiger partial charge in [0.1, 0.15) is 11.5 Å². The summed E-state index contributed by atoms with van der Waals surface area (Å²) in [6, 6.07) is 4.24. The van der Waals surface area contributed by atoms with Gasteiger partial charge >= 0.3 is 11.9 Å². The molecule has 0 fully saturated rings. The molecule has 2 aromatic carbocycles. The van der Waals surface area contributed by atoms with Crippen LogP contribution in [0.2, 0.25) is 0 Å². The van der Waals surface area contributed by atoms with Crippen molar-refractivity contribution in [3.63, 3.8) is 0 Å². The molecule has 9 nitrogen and oxygen atoms in total. The molecule has 2 rings (SSSR count). The van der Waals surface area contributed by atoms with Gasteiger partial charge in [0.05, 0.1) is 24.3 Å². The Morgan fingerprint density at radius 1 is 0.759 bits per heavy atom. The number of hydrogen-bond acceptors (Lipinski definition) is 9. The summed E-state index contributed by atoms with van der Waals surface area (Å²) in [5.41, 5.74) is -0.758. The Balaban J connectivity index is 1.96. The molecular weight excluding hydrogens is 384 g/mol. The molecule has 0 amide bonds. The lowest BCUT2D eigenvalue weighted by atomic mass is 9.96. The Hall–Kier alpha value is -3.62. The second-order valence-electron chi connectivity index (χ2n) is 7.32. The molecule has 0 heterocycles. The topological polar surface area (TPSA) is 154 Å². The van der Waals surface area contributed by atoms with Gasteiger partial charge in [-0.3, -0.25) is 0 Å². The van der Waals surface area contributed by atoms with E-state index in [0.717, 1.165) is 12.1 Å². The first-order chi connectivity index (χ1) is 13.4. The van der Waals surface area contributed by atoms with E-state index in [9.17, 15) is 35.1 Å². The van der Waals surface area contributed by atoms with Crippen LogP contribution in [0, 0.1) is 12.3 Å². The SMILES string of the molecule is Cc1c(O)cc(C(=O)OCC(C)(C)COC(=O)c2cc(O)c(O)c(O)c2)cc1O. The maximum atomic E-state index is 12.1. The minimum absolute atomic E-state index is 0.0339. The molecule has 0 aliphatic rings. The zero-order chi connectivity index (χ0) is 21.9. The van der Waals surface area contributed by atoms with Crippen LogP contribution in [-0.2, 0) is 9.47 Å². The lowest BCUT2D eigenvalue weighted by molar-refractivity contribution is 0.00607. The molecule has 0 spiro atoms. The predicted octanol–water partition coefficient (Wildman–Crippen LogP) is 2.56. The molecule has 9 heteroatoms. The summed E-state index contributed by atoms with van der Waals surface area (Å²) in [7, 11) is 0. The van der Waals surface area contributed by atoms with Gasteiger partial charge in [-0.15, -0.1) is 0 Å². The van der Waals surface area contributed by atoms with E-state index in [1.807, 2.05) is 0 Å². The van der Waals surface area contributed by atoms with E-state index in [1.54, 1.807) is 13.8 Å². The number of benzene rings is 2. The average Bonchev–Trinajstić information content (AvgIpc) is 2.65. The largest absolute Gasteiger partial charge is 0.508 e. The van der Waals surface area contributed by atoms with Crippen LogP contribution in [0.3, 0.4) is 0 Å². The zero-order valence-electron chi connectivity index (χ0n) is 16.1. The van der Waals surface area contributed by atoms with E-state index in [0.29, 0.717) is 0 Å². The molecule has 5 N–H and O–H groups in total. The monoisotopic (exact) mass is 406 g/mol. The van der Waals surface area contributed by atoms with Crippen molar-refractivity contribution in [2.75, 3.05) is 13.2 Å². The molecule has 0 atom stereocenters. The Bertz CT molecular complexity index is 825. The zero-order valence-corrected chi connectivity index (χ0v) is 16.1. The number of ether oxygens (including phenoxy) is 2. The molecular formula is C20H22O9. The van der Waals surface area contributed by atoms with E-state index in [-0.39, 0.29) is 41.4 Å². The summed E-state index contributed by atoms with van der Waals surface area (Å²) < 4.78 is 10.3. The lowest BCUT2D eigenvalue weighted by Gasteiger charge is -2.23. The number of hydrogen-bond donors (Lipinski definition) is 5. The van der Waals surface area contributed by atoms with Crippen molar-refractivity contribution in [1.29, 1.82) is 0 Å². The van der Waals surface area contributed by atoms with E-state index in [4.69, 9.17) is 9.47 Å². The van der Waals surface area contributed by atoms with Gasteiger partial charge < -0.3 is 35.0 Å². The summed E-state index contributed by atoms with van der Waals surface area (Å²) in [5, 5.41) is 47.6. The van der Waals surface area contributed by atoms with Gasteiger partial charge in [0, 0.05) is 11.0 Å². The second kappa shape index (κ2) is 8.17. The van der Waals surface area contributed by atoms with Crippen LogP contribution in [0.25, 0.3) is 0 Å². The van der Waals surface area contributed by atoms with E-state index < -0.39 is 34.6 Å². The van der Waals surface area contributed by atoms with Gasteiger partial charge in [0.25, 0.3) is 0 Å². The molecule has 0 aromatic heterocycles. The molecule has 0 saturated heterocycles. The number of esters is 2. The molecule has 156 valence electrons. The summed E-state index contributed by atoms with van der Waals surface area (Å²) in [6.07, 6.45) is 0. The molecule has 29 heavy (non-hydrogen) atoms. The third-order valence-corrected chi connectivity index (χ3v) is 4.08. The summed E-state index contributed by atoms with van der Waals surface area (Å²) in [4.78, 5) is 24.2. The molecule has 0 bridgehead atoms. The minimum atomic E-state index is -0.858. The average molecular weight is 406 g/mol. The fourth-order valence-electron chi connectivity index (χ4n) is 2.25. The number of phenols is 5. The quantitative estimate of drug-likeness (QED) is 0.360. The third-order valence-electron chi connectivity index (χ3n) is 4.08. The second-order valence-corrected chi connectivity index (χ2v) is 7.32. The maximum Gasteiger partial charge on any atom is 0.338 e. The first-order valence-corrected chi connectivity index (χ1v) is 8.53. The molecule has 0 unspecified atom stereocenters. The fraction of sp³-hybridized carbons (Fsp3) is 0.300. The number of rotatable bonds is 6. The standard InChI is InChI=1S/C20H22O9/c1-10-13(21)4-11(5-14(10)22)18(26)28-8-20(2,3)9-29-19(27)12-6-15(23)17(25)16(24)7-12/h4-7,21-25H,8-9H2,1-3H3. The van der Waals surface area contributed by atoms with Crippen molar-refractivity contribution in [1.82, 2.24) is 0 Å². The highest BCUT2D eigenvalue weighted by Crippen LogP contribution is 2.35. The molecule has 0 aliphatic heterocycles. The number of aromatic hydroxyl groups is 5. The Morgan fingerprint density at radius 2 is 1.10 bits per heavy atom. The van der Waals surface area contributed by atoms with E-state index >= 15 is 0 Å². The third kappa shape index (κ3) is 5.22. The van der Waals surface area contributed by atoms with Crippen molar-refractivity contribution in [3.05, 3.63) is 41.0 Å². The number of carbonyl (C=O) groups is 2. The number of carbonyl (C=O) groups excluding carboxylic acids is 2. The Labute approximate surface area is 166 Å². The Morgan fingerprint density at radius 3 is 1.48 bits per heavy atom. The number of phenolic OH excluding ortho intramolecular Hbond substituents is 5. The van der Waals surface area contributed by atoms with Crippen molar-refractivity contribution in [3.8, 4) is 28.7 Å². The molecule has 0 aliphatic carbocycles. The van der Waals surface area contributed by atoms with Gasteiger partial charge in [0.15, 0.2) is 17.2 Å². The van der Waals surface area contributed by atoms with E-state index in [1.165, 1.54) is 19.1 Å². The van der Waals surface area contributed by atoms with Crippen molar-refractivity contribution in [2.24, 2.45) is 5.41 Å². The summed E-state index contributed by atoms with van der Waals surface area (Å²) >= 11 is 0. The van der Waals surface area contributed by atoms with Gasteiger partial charge in [-0.05, 0) is 31.2 Å². The lowest BCUT2D eigenvalue weighted by Crippen LogP contribution is -2.28. The van der Waals surface area contributed by atoms with E-state index in [2.05, 4.69) is 0 Å². The first-order valence-electron chi connectivity index (χ1n) is 8.53. The highest BCUT2D eigenvalue weighted by atomic mass is 16.5. The van der Waals surface area contributed by atoms with Crippen LogP contribution in [0.4, 0.5) is 0 Å². The summed E-state index contributed by atoms with van der Waals surface area (Å²) in [6.45, 7) is 4.53. The molecule has 0 radical (unpaired) electrons. The van der Waals surface area contributed by atoms with Crippen LogP contribution in [-0.4, -0.2) is 50.7 Å². The van der Waals surface area contributed by atoms with Crippen LogP contribution in [0.1, 0.15) is 40.1 Å². The van der Waals surface area contributed by atoms with Crippen LogP contribution < -0.4 is 0 Å². The highest BCUT2D eigenvalue weighted by molar-refractivity contribution is 5.91. The fourth-order valence-corrected chi connectivity index (χ4v) is 2.25. The highest BCUT2D eigenvalue weighted by Gasteiger charge is 2.25. The smallest absolute Gasteiger partial charge is 0.338 e. The van der Waals surface area contributed by atoms with Crippen molar-refractivity contribution < 1.29 is 44.6 Å². The molecule has 2 aromatic rings. The van der Waals surface area contributed by atoms with Gasteiger partial charge in [0.2, 0.25) is 0 Å². The van der Waals surface area contributed by atoms with Crippen LogP contribution in [0.15, 0.2) is 24.3 Å². The van der Waals surface area contributed by atoms with Gasteiger partial charge in [-0.2, -0.15) is 0 Å².